The molecule has 7 nitrogen and oxygen atoms in total. The maximum absolute atomic E-state index is 13.1. The van der Waals surface area contributed by atoms with Gasteiger partial charge in [-0.1, -0.05) is 68.8 Å². The predicted molar refractivity (Wildman–Crippen MR) is 133 cm³/mol. The van der Waals surface area contributed by atoms with Gasteiger partial charge in [0, 0.05) is 18.4 Å². The molecule has 0 bridgehead atoms. The molecule has 1 fully saturated rings. The topological polar surface area (TPSA) is 105 Å². The Morgan fingerprint density at radius 2 is 1.66 bits per heavy atom. The summed E-state index contributed by atoms with van der Waals surface area (Å²) in [5, 5.41) is 14.8. The molecule has 1 unspecified atom stereocenters. The molecule has 4 atom stereocenters. The van der Waals surface area contributed by atoms with E-state index in [9.17, 15) is 14.4 Å². The van der Waals surface area contributed by atoms with E-state index < -0.39 is 18.1 Å². The standard InChI is InChI=1S/C28H34N2O5/c1-3-17(2)26(27(33)29-19-13-12-18(14-19)15-25(31)32)30-28(34)35-16-24-22-10-6-4-8-20(22)21-9-5-7-11-23(21)24/h4-11,17-19,24,26H,3,12-16H2,1-2H3,(H,29,33)(H,30,34)(H,31,32)/t17?,18-,19+,26-/m0/s1. The first kappa shape index (κ1) is 24.8. The SMILES string of the molecule is CCC(C)[C@H](NC(=O)OCC1c2ccccc2-c2ccccc21)C(=O)N[C@@H]1CC[C@H](CC(=O)O)C1. The van der Waals surface area contributed by atoms with Gasteiger partial charge in [-0.3, -0.25) is 9.59 Å². The van der Waals surface area contributed by atoms with Gasteiger partial charge in [0.05, 0.1) is 0 Å². The zero-order chi connectivity index (χ0) is 24.9. The minimum Gasteiger partial charge on any atom is -0.481 e. The Kier molecular flexibility index (Phi) is 7.73. The number of rotatable bonds is 9. The normalized spacial score (nSPS) is 20.4. The molecule has 0 aliphatic heterocycles. The second-order valence-corrected chi connectivity index (χ2v) is 9.82. The number of carbonyl (C=O) groups is 3. The highest BCUT2D eigenvalue weighted by atomic mass is 16.5. The number of carboxylic acid groups (broad SMARTS) is 1. The van der Waals surface area contributed by atoms with Crippen LogP contribution in [0.2, 0.25) is 0 Å². The Morgan fingerprint density at radius 1 is 1.03 bits per heavy atom. The third-order valence-corrected chi connectivity index (χ3v) is 7.46. The van der Waals surface area contributed by atoms with Crippen molar-refractivity contribution in [2.75, 3.05) is 6.61 Å². The summed E-state index contributed by atoms with van der Waals surface area (Å²) in [5.41, 5.74) is 4.59. The molecule has 186 valence electrons. The van der Waals surface area contributed by atoms with E-state index in [1.54, 1.807) is 0 Å². The van der Waals surface area contributed by atoms with E-state index in [-0.39, 0.29) is 42.7 Å². The number of hydrogen-bond donors (Lipinski definition) is 3. The molecule has 7 heteroatoms. The lowest BCUT2D eigenvalue weighted by Gasteiger charge is -2.25. The first-order chi connectivity index (χ1) is 16.9. The summed E-state index contributed by atoms with van der Waals surface area (Å²) in [7, 11) is 0. The third-order valence-electron chi connectivity index (χ3n) is 7.46. The average Bonchev–Trinajstić information content (AvgIpc) is 3.41. The maximum Gasteiger partial charge on any atom is 0.407 e. The highest BCUT2D eigenvalue weighted by Gasteiger charge is 2.33. The van der Waals surface area contributed by atoms with Crippen LogP contribution in [0.1, 0.15) is 63.0 Å². The molecule has 2 aromatic rings. The Hall–Kier alpha value is -3.35. The summed E-state index contributed by atoms with van der Waals surface area (Å²) in [6, 6.07) is 15.5. The third kappa shape index (κ3) is 5.66. The van der Waals surface area contributed by atoms with Crippen LogP contribution in [0.5, 0.6) is 0 Å². The number of carbonyl (C=O) groups excluding carboxylic acids is 2. The summed E-state index contributed by atoms with van der Waals surface area (Å²) in [6.07, 6.45) is 2.42. The molecule has 3 N–H and O–H groups in total. The molecular weight excluding hydrogens is 444 g/mol. The second kappa shape index (κ2) is 10.9. The van der Waals surface area contributed by atoms with Crippen LogP contribution in [0.15, 0.2) is 48.5 Å². The molecule has 0 saturated heterocycles. The molecular formula is C28H34N2O5. The molecule has 4 rings (SSSR count). The molecule has 0 heterocycles. The zero-order valence-corrected chi connectivity index (χ0v) is 20.3. The monoisotopic (exact) mass is 478 g/mol. The van der Waals surface area contributed by atoms with Crippen LogP contribution in [0.4, 0.5) is 4.79 Å². The van der Waals surface area contributed by atoms with E-state index in [1.165, 1.54) is 0 Å². The van der Waals surface area contributed by atoms with Gasteiger partial charge in [-0.2, -0.15) is 0 Å². The molecule has 2 aliphatic rings. The lowest BCUT2D eigenvalue weighted by atomic mass is 9.97. The fraction of sp³-hybridized carbons (Fsp3) is 0.464. The Bertz CT molecular complexity index is 1040. The van der Waals surface area contributed by atoms with Gasteiger partial charge >= 0.3 is 12.1 Å². The molecule has 2 aliphatic carbocycles. The highest BCUT2D eigenvalue weighted by molar-refractivity contribution is 5.86. The van der Waals surface area contributed by atoms with Gasteiger partial charge < -0.3 is 20.5 Å². The highest BCUT2D eigenvalue weighted by Crippen LogP contribution is 2.44. The minimum atomic E-state index is -0.809. The zero-order valence-electron chi connectivity index (χ0n) is 20.3. The van der Waals surface area contributed by atoms with E-state index in [0.29, 0.717) is 12.8 Å². The van der Waals surface area contributed by atoms with Gasteiger partial charge in [-0.05, 0) is 53.4 Å². The van der Waals surface area contributed by atoms with Crippen LogP contribution in [-0.4, -0.2) is 41.8 Å². The number of carboxylic acids is 1. The summed E-state index contributed by atoms with van der Waals surface area (Å²) in [4.78, 5) is 36.8. The van der Waals surface area contributed by atoms with Crippen LogP contribution in [0.25, 0.3) is 11.1 Å². The van der Waals surface area contributed by atoms with Gasteiger partial charge in [-0.15, -0.1) is 0 Å². The van der Waals surface area contributed by atoms with Gasteiger partial charge in [-0.25, -0.2) is 4.79 Å². The van der Waals surface area contributed by atoms with Gasteiger partial charge in [0.1, 0.15) is 12.6 Å². The predicted octanol–water partition coefficient (Wildman–Crippen LogP) is 4.70. The summed E-state index contributed by atoms with van der Waals surface area (Å²) >= 11 is 0. The van der Waals surface area contributed by atoms with Crippen LogP contribution >= 0.6 is 0 Å². The van der Waals surface area contributed by atoms with E-state index in [4.69, 9.17) is 9.84 Å². The smallest absolute Gasteiger partial charge is 0.407 e. The lowest BCUT2D eigenvalue weighted by Crippen LogP contribution is -2.52. The largest absolute Gasteiger partial charge is 0.481 e. The molecule has 0 aromatic heterocycles. The van der Waals surface area contributed by atoms with Crippen LogP contribution in [0.3, 0.4) is 0 Å². The van der Waals surface area contributed by atoms with Crippen molar-refractivity contribution in [3.8, 4) is 11.1 Å². The molecule has 35 heavy (non-hydrogen) atoms. The summed E-state index contributed by atoms with van der Waals surface area (Å²) in [6.45, 7) is 4.09. The van der Waals surface area contributed by atoms with E-state index in [0.717, 1.165) is 35.1 Å². The van der Waals surface area contributed by atoms with Crippen molar-refractivity contribution in [3.05, 3.63) is 59.7 Å². The molecule has 2 amide bonds. The second-order valence-electron chi connectivity index (χ2n) is 9.82. The molecule has 0 spiro atoms. The van der Waals surface area contributed by atoms with E-state index in [1.807, 2.05) is 38.1 Å². The Balaban J connectivity index is 1.36. The molecule has 0 radical (unpaired) electrons. The first-order valence-corrected chi connectivity index (χ1v) is 12.5. The molecule has 2 aromatic carbocycles. The first-order valence-electron chi connectivity index (χ1n) is 12.5. The van der Waals surface area contributed by atoms with Crippen molar-refractivity contribution in [1.82, 2.24) is 10.6 Å². The van der Waals surface area contributed by atoms with Crippen LogP contribution in [-0.2, 0) is 14.3 Å². The number of benzene rings is 2. The summed E-state index contributed by atoms with van der Waals surface area (Å²) in [5.74, 6) is -1.10. The van der Waals surface area contributed by atoms with Gasteiger partial charge in [0.15, 0.2) is 0 Å². The average molecular weight is 479 g/mol. The number of fused-ring (bicyclic) bond motifs is 3. The fourth-order valence-electron chi connectivity index (χ4n) is 5.40. The van der Waals surface area contributed by atoms with Crippen molar-refractivity contribution < 1.29 is 24.2 Å². The maximum atomic E-state index is 13.1. The van der Waals surface area contributed by atoms with Crippen LogP contribution < -0.4 is 10.6 Å². The van der Waals surface area contributed by atoms with Gasteiger partial charge in [0.2, 0.25) is 5.91 Å². The van der Waals surface area contributed by atoms with Crippen molar-refractivity contribution in [3.63, 3.8) is 0 Å². The number of alkyl carbamates (subject to hydrolysis) is 1. The lowest BCUT2D eigenvalue weighted by molar-refractivity contribution is -0.138. The number of aliphatic carboxylic acids is 1. The number of amides is 2. The van der Waals surface area contributed by atoms with Gasteiger partial charge in [0.25, 0.3) is 0 Å². The van der Waals surface area contributed by atoms with Crippen molar-refractivity contribution >= 4 is 18.0 Å². The molecule has 1 saturated carbocycles. The number of nitrogens with one attached hydrogen (secondary N) is 2. The Morgan fingerprint density at radius 3 is 2.26 bits per heavy atom. The van der Waals surface area contributed by atoms with Crippen molar-refractivity contribution in [2.45, 2.75) is 64.0 Å². The quantitative estimate of drug-likeness (QED) is 0.485. The Labute approximate surface area is 206 Å². The van der Waals surface area contributed by atoms with Crippen molar-refractivity contribution in [2.24, 2.45) is 11.8 Å². The minimum absolute atomic E-state index is 0.0475. The fourth-order valence-corrected chi connectivity index (χ4v) is 5.40. The number of ether oxygens (including phenoxy) is 1. The summed E-state index contributed by atoms with van der Waals surface area (Å²) < 4.78 is 5.65. The van der Waals surface area contributed by atoms with E-state index >= 15 is 0 Å². The van der Waals surface area contributed by atoms with Crippen LogP contribution in [0, 0.1) is 11.8 Å². The number of hydrogen-bond acceptors (Lipinski definition) is 4. The van der Waals surface area contributed by atoms with E-state index in [2.05, 4.69) is 34.9 Å². The van der Waals surface area contributed by atoms with Crippen molar-refractivity contribution in [1.29, 1.82) is 0 Å².